The number of hydrogen-bond donors (Lipinski definition) is 3. The fourth-order valence-electron chi connectivity index (χ4n) is 1.81. The Morgan fingerprint density at radius 3 is 2.50 bits per heavy atom. The third-order valence-electron chi connectivity index (χ3n) is 3.23. The predicted molar refractivity (Wildman–Crippen MR) is 83.8 cm³/mol. The molecule has 0 aliphatic carbocycles. The molecule has 0 aliphatic heterocycles. The van der Waals surface area contributed by atoms with Crippen LogP contribution < -0.4 is 10.6 Å². The van der Waals surface area contributed by atoms with Crippen molar-refractivity contribution < 1.29 is 19.5 Å². The molecule has 0 fully saturated rings. The van der Waals surface area contributed by atoms with E-state index in [9.17, 15) is 14.4 Å². The van der Waals surface area contributed by atoms with Crippen LogP contribution in [0.2, 0.25) is 0 Å². The van der Waals surface area contributed by atoms with Crippen LogP contribution >= 0.6 is 0 Å². The summed E-state index contributed by atoms with van der Waals surface area (Å²) in [4.78, 5) is 34.4. The van der Waals surface area contributed by atoms with Crippen LogP contribution in [0.5, 0.6) is 0 Å². The topological polar surface area (TPSA) is 95.5 Å². The average molecular weight is 306 g/mol. The third-order valence-corrected chi connectivity index (χ3v) is 3.23. The first kappa shape index (κ1) is 17.7. The second-order valence-corrected chi connectivity index (χ2v) is 5.12. The molecule has 0 saturated carbocycles. The molecule has 1 aromatic carbocycles. The molecule has 120 valence electrons. The van der Waals surface area contributed by atoms with Crippen LogP contribution in [0.15, 0.2) is 24.3 Å². The lowest BCUT2D eigenvalue weighted by atomic mass is 10.1. The van der Waals surface area contributed by atoms with Gasteiger partial charge in [0.15, 0.2) is 0 Å². The van der Waals surface area contributed by atoms with Crippen LogP contribution in [-0.4, -0.2) is 28.9 Å². The molecule has 0 heterocycles. The Morgan fingerprint density at radius 2 is 1.86 bits per heavy atom. The number of carbonyl (C=O) groups is 3. The molecule has 22 heavy (non-hydrogen) atoms. The lowest BCUT2D eigenvalue weighted by Gasteiger charge is -2.14. The van der Waals surface area contributed by atoms with Gasteiger partial charge in [0, 0.05) is 18.9 Å². The molecule has 6 heteroatoms. The van der Waals surface area contributed by atoms with Gasteiger partial charge in [0.05, 0.1) is 11.3 Å². The average Bonchev–Trinajstić information content (AvgIpc) is 2.47. The quantitative estimate of drug-likeness (QED) is 0.687. The summed E-state index contributed by atoms with van der Waals surface area (Å²) in [6, 6.07) is 6.80. The van der Waals surface area contributed by atoms with Gasteiger partial charge in [0.25, 0.3) is 5.91 Å². The number of hydrogen-bond acceptors (Lipinski definition) is 3. The van der Waals surface area contributed by atoms with Crippen LogP contribution in [0.3, 0.4) is 0 Å². The van der Waals surface area contributed by atoms with E-state index in [0.29, 0.717) is 11.3 Å². The van der Waals surface area contributed by atoms with Gasteiger partial charge in [-0.3, -0.25) is 14.4 Å². The zero-order valence-electron chi connectivity index (χ0n) is 12.9. The van der Waals surface area contributed by atoms with E-state index in [1.54, 1.807) is 24.3 Å². The van der Waals surface area contributed by atoms with Crippen molar-refractivity contribution in [2.24, 2.45) is 0 Å². The molecule has 0 aromatic heterocycles. The summed E-state index contributed by atoms with van der Waals surface area (Å²) in [6.45, 7) is 3.88. The standard InChI is InChI=1S/C16H22N2O4/c1-3-11(2)17-16(22)12-7-4-5-8-13(12)18-14(19)9-6-10-15(20)21/h4-5,7-8,11H,3,6,9-10H2,1-2H3,(H,17,22)(H,18,19)(H,20,21). The van der Waals surface area contributed by atoms with Crippen LogP contribution in [0.1, 0.15) is 49.9 Å². The monoisotopic (exact) mass is 306 g/mol. The Hall–Kier alpha value is -2.37. The first-order valence-electron chi connectivity index (χ1n) is 7.35. The van der Waals surface area contributed by atoms with Gasteiger partial charge in [0.1, 0.15) is 0 Å². The van der Waals surface area contributed by atoms with E-state index in [2.05, 4.69) is 10.6 Å². The molecule has 6 nitrogen and oxygen atoms in total. The van der Waals surface area contributed by atoms with E-state index in [-0.39, 0.29) is 37.1 Å². The summed E-state index contributed by atoms with van der Waals surface area (Å²) >= 11 is 0. The molecule has 1 atom stereocenters. The number of carbonyl (C=O) groups excluding carboxylic acids is 2. The summed E-state index contributed by atoms with van der Waals surface area (Å²) in [6.07, 6.45) is 1.13. The highest BCUT2D eigenvalue weighted by Crippen LogP contribution is 2.16. The highest BCUT2D eigenvalue weighted by molar-refractivity contribution is 6.03. The van der Waals surface area contributed by atoms with Gasteiger partial charge in [0.2, 0.25) is 5.91 Å². The van der Waals surface area contributed by atoms with Gasteiger partial charge in [-0.15, -0.1) is 0 Å². The normalized spacial score (nSPS) is 11.5. The van der Waals surface area contributed by atoms with E-state index < -0.39 is 5.97 Å². The molecule has 1 unspecified atom stereocenters. The Bertz CT molecular complexity index is 543. The van der Waals surface area contributed by atoms with Gasteiger partial charge < -0.3 is 15.7 Å². The maximum atomic E-state index is 12.2. The maximum Gasteiger partial charge on any atom is 0.303 e. The lowest BCUT2D eigenvalue weighted by molar-refractivity contribution is -0.137. The van der Waals surface area contributed by atoms with Gasteiger partial charge in [-0.05, 0) is 31.9 Å². The smallest absolute Gasteiger partial charge is 0.303 e. The van der Waals surface area contributed by atoms with Crippen molar-refractivity contribution in [3.63, 3.8) is 0 Å². The number of benzene rings is 1. The van der Waals surface area contributed by atoms with Crippen LogP contribution in [0.25, 0.3) is 0 Å². The van der Waals surface area contributed by atoms with Crippen molar-refractivity contribution in [1.82, 2.24) is 5.32 Å². The predicted octanol–water partition coefficient (Wildman–Crippen LogP) is 2.41. The number of carboxylic acids is 1. The molecule has 0 aliphatic rings. The minimum absolute atomic E-state index is 0.0480. The Morgan fingerprint density at radius 1 is 1.18 bits per heavy atom. The second-order valence-electron chi connectivity index (χ2n) is 5.12. The molecule has 0 bridgehead atoms. The van der Waals surface area contributed by atoms with Gasteiger partial charge in [-0.25, -0.2) is 0 Å². The summed E-state index contributed by atoms with van der Waals surface area (Å²) in [5, 5.41) is 14.1. The van der Waals surface area contributed by atoms with Gasteiger partial charge in [-0.2, -0.15) is 0 Å². The van der Waals surface area contributed by atoms with Crippen LogP contribution in [-0.2, 0) is 9.59 Å². The highest BCUT2D eigenvalue weighted by atomic mass is 16.4. The Kier molecular flexibility index (Phi) is 7.08. The van der Waals surface area contributed by atoms with E-state index >= 15 is 0 Å². The first-order valence-corrected chi connectivity index (χ1v) is 7.35. The maximum absolute atomic E-state index is 12.2. The molecular formula is C16H22N2O4. The highest BCUT2D eigenvalue weighted by Gasteiger charge is 2.14. The molecule has 1 rings (SSSR count). The minimum atomic E-state index is -0.930. The number of nitrogens with one attached hydrogen (secondary N) is 2. The molecule has 0 radical (unpaired) electrons. The minimum Gasteiger partial charge on any atom is -0.481 e. The third kappa shape index (κ3) is 5.95. The fraction of sp³-hybridized carbons (Fsp3) is 0.438. The summed E-state index contributed by atoms with van der Waals surface area (Å²) in [5.74, 6) is -1.47. The SMILES string of the molecule is CCC(C)NC(=O)c1ccccc1NC(=O)CCCC(=O)O. The van der Waals surface area contributed by atoms with E-state index in [4.69, 9.17) is 5.11 Å². The summed E-state index contributed by atoms with van der Waals surface area (Å²) in [5.41, 5.74) is 0.831. The van der Waals surface area contributed by atoms with Crippen molar-refractivity contribution in [2.45, 2.75) is 45.6 Å². The molecular weight excluding hydrogens is 284 g/mol. The number of carboxylic acid groups (broad SMARTS) is 1. The Balaban J connectivity index is 2.69. The molecule has 2 amide bonds. The number of rotatable bonds is 8. The molecule has 1 aromatic rings. The number of amides is 2. The Labute approximate surface area is 129 Å². The summed E-state index contributed by atoms with van der Waals surface area (Å²) < 4.78 is 0. The second kappa shape index (κ2) is 8.81. The number of para-hydroxylation sites is 1. The van der Waals surface area contributed by atoms with Crippen LogP contribution in [0.4, 0.5) is 5.69 Å². The van der Waals surface area contributed by atoms with Crippen molar-refractivity contribution >= 4 is 23.5 Å². The summed E-state index contributed by atoms with van der Waals surface area (Å²) in [7, 11) is 0. The van der Waals surface area contributed by atoms with Crippen molar-refractivity contribution in [2.75, 3.05) is 5.32 Å². The van der Waals surface area contributed by atoms with Crippen LogP contribution in [0, 0.1) is 0 Å². The zero-order valence-corrected chi connectivity index (χ0v) is 12.9. The van der Waals surface area contributed by atoms with E-state index in [1.807, 2.05) is 13.8 Å². The first-order chi connectivity index (χ1) is 10.4. The molecule has 0 saturated heterocycles. The zero-order chi connectivity index (χ0) is 16.5. The number of anilines is 1. The fourth-order valence-corrected chi connectivity index (χ4v) is 1.81. The van der Waals surface area contributed by atoms with Gasteiger partial charge in [-0.1, -0.05) is 19.1 Å². The molecule has 3 N–H and O–H groups in total. The molecule has 0 spiro atoms. The van der Waals surface area contributed by atoms with Crippen molar-refractivity contribution in [3.8, 4) is 0 Å². The van der Waals surface area contributed by atoms with Gasteiger partial charge >= 0.3 is 5.97 Å². The van der Waals surface area contributed by atoms with Crippen molar-refractivity contribution in [3.05, 3.63) is 29.8 Å². The van der Waals surface area contributed by atoms with E-state index in [1.165, 1.54) is 0 Å². The van der Waals surface area contributed by atoms with Crippen molar-refractivity contribution in [1.29, 1.82) is 0 Å². The van der Waals surface area contributed by atoms with E-state index in [0.717, 1.165) is 6.42 Å². The lowest BCUT2D eigenvalue weighted by Crippen LogP contribution is -2.32. The number of aliphatic carboxylic acids is 1. The largest absolute Gasteiger partial charge is 0.481 e.